The second-order valence-electron chi connectivity index (χ2n) is 4.81. The molecule has 15 heavy (non-hydrogen) atoms. The molecular weight excluding hydrogens is 204 g/mol. The Morgan fingerprint density at radius 1 is 1.13 bits per heavy atom. The molecule has 0 bridgehead atoms. The van der Waals surface area contributed by atoms with Gasteiger partial charge in [0.15, 0.2) is 0 Å². The largest absolute Gasteiger partial charge is 0.544 e. The van der Waals surface area contributed by atoms with Gasteiger partial charge in [0.25, 0.3) is 0 Å². The lowest BCUT2D eigenvalue weighted by Crippen LogP contribution is -2.29. The molecule has 0 radical (unpaired) electrons. The first-order chi connectivity index (χ1) is 6.83. The molecule has 3 heteroatoms. The SMILES string of the molecule is Cc1cc(O[Si](C)(C)C)c(C)cc1C=O. The predicted molar refractivity (Wildman–Crippen MR) is 65.3 cm³/mol. The van der Waals surface area contributed by atoms with E-state index in [0.29, 0.717) is 0 Å². The van der Waals surface area contributed by atoms with Crippen molar-refractivity contribution in [2.45, 2.75) is 33.5 Å². The molecule has 1 rings (SSSR count). The van der Waals surface area contributed by atoms with Gasteiger partial charge in [-0.1, -0.05) is 0 Å². The number of hydrogen-bond donors (Lipinski definition) is 0. The lowest BCUT2D eigenvalue weighted by molar-refractivity contribution is 0.112. The summed E-state index contributed by atoms with van der Waals surface area (Å²) in [5.41, 5.74) is 2.75. The minimum absolute atomic E-state index is 0.746. The van der Waals surface area contributed by atoms with Crippen LogP contribution < -0.4 is 4.43 Å². The number of carbonyl (C=O) groups excluding carboxylic acids is 1. The summed E-state index contributed by atoms with van der Waals surface area (Å²) in [5, 5.41) is 0. The molecule has 0 heterocycles. The van der Waals surface area contributed by atoms with E-state index in [0.717, 1.165) is 28.7 Å². The first-order valence-electron chi connectivity index (χ1n) is 5.09. The molecule has 0 aliphatic carbocycles. The van der Waals surface area contributed by atoms with Crippen LogP contribution in [0.1, 0.15) is 21.5 Å². The van der Waals surface area contributed by atoms with Crippen LogP contribution in [0.15, 0.2) is 12.1 Å². The summed E-state index contributed by atoms with van der Waals surface area (Å²) in [6, 6.07) is 3.84. The van der Waals surface area contributed by atoms with E-state index in [2.05, 4.69) is 19.6 Å². The van der Waals surface area contributed by atoms with Crippen molar-refractivity contribution in [2.75, 3.05) is 0 Å². The highest BCUT2D eigenvalue weighted by molar-refractivity contribution is 6.70. The Morgan fingerprint density at radius 3 is 2.20 bits per heavy atom. The van der Waals surface area contributed by atoms with Gasteiger partial charge in [-0.05, 0) is 56.7 Å². The molecule has 0 aliphatic heterocycles. The molecule has 0 saturated heterocycles. The van der Waals surface area contributed by atoms with Crippen LogP contribution in [-0.2, 0) is 0 Å². The Hall–Kier alpha value is -1.09. The molecule has 0 amide bonds. The second kappa shape index (κ2) is 4.19. The van der Waals surface area contributed by atoms with Gasteiger partial charge in [0.1, 0.15) is 12.0 Å². The van der Waals surface area contributed by atoms with Crippen LogP contribution in [0.25, 0.3) is 0 Å². The van der Waals surface area contributed by atoms with Gasteiger partial charge < -0.3 is 4.43 Å². The van der Waals surface area contributed by atoms with Gasteiger partial charge in [0.05, 0.1) is 0 Å². The van der Waals surface area contributed by atoms with Gasteiger partial charge in [-0.2, -0.15) is 0 Å². The van der Waals surface area contributed by atoms with Crippen LogP contribution in [0.5, 0.6) is 5.75 Å². The van der Waals surface area contributed by atoms with Crippen molar-refractivity contribution in [3.63, 3.8) is 0 Å². The zero-order valence-corrected chi connectivity index (χ0v) is 11.0. The Morgan fingerprint density at radius 2 is 1.73 bits per heavy atom. The molecule has 0 fully saturated rings. The summed E-state index contributed by atoms with van der Waals surface area (Å²) in [7, 11) is -1.57. The third-order valence-electron chi connectivity index (χ3n) is 2.11. The quantitative estimate of drug-likeness (QED) is 0.579. The third kappa shape index (κ3) is 3.20. The van der Waals surface area contributed by atoms with E-state index >= 15 is 0 Å². The average Bonchev–Trinajstić information content (AvgIpc) is 2.08. The zero-order valence-electron chi connectivity index (χ0n) is 10.0. The Labute approximate surface area is 92.4 Å². The van der Waals surface area contributed by atoms with Gasteiger partial charge in [-0.25, -0.2) is 0 Å². The van der Waals surface area contributed by atoms with Crippen LogP contribution in [-0.4, -0.2) is 14.6 Å². The smallest absolute Gasteiger partial charge is 0.242 e. The molecule has 1 aromatic rings. The topological polar surface area (TPSA) is 26.3 Å². The molecule has 0 spiro atoms. The van der Waals surface area contributed by atoms with Gasteiger partial charge in [0, 0.05) is 5.56 Å². The van der Waals surface area contributed by atoms with Gasteiger partial charge in [0.2, 0.25) is 8.32 Å². The van der Waals surface area contributed by atoms with Crippen LogP contribution in [0, 0.1) is 13.8 Å². The molecular formula is C12H18O2Si. The third-order valence-corrected chi connectivity index (χ3v) is 2.94. The molecule has 0 saturated carbocycles. The maximum absolute atomic E-state index is 10.7. The maximum Gasteiger partial charge on any atom is 0.242 e. The van der Waals surface area contributed by atoms with E-state index in [9.17, 15) is 4.79 Å². The summed E-state index contributed by atoms with van der Waals surface area (Å²) in [6.07, 6.45) is 0.890. The van der Waals surface area contributed by atoms with Crippen molar-refractivity contribution in [1.82, 2.24) is 0 Å². The highest BCUT2D eigenvalue weighted by Crippen LogP contribution is 2.24. The predicted octanol–water partition coefficient (Wildman–Crippen LogP) is 3.33. The van der Waals surface area contributed by atoms with Crippen molar-refractivity contribution < 1.29 is 9.22 Å². The summed E-state index contributed by atoms with van der Waals surface area (Å²) in [4.78, 5) is 10.7. The van der Waals surface area contributed by atoms with Crippen molar-refractivity contribution in [2.24, 2.45) is 0 Å². The minimum atomic E-state index is -1.57. The Kier molecular flexibility index (Phi) is 3.34. The van der Waals surface area contributed by atoms with E-state index in [-0.39, 0.29) is 0 Å². The van der Waals surface area contributed by atoms with E-state index in [1.165, 1.54) is 0 Å². The van der Waals surface area contributed by atoms with Crippen LogP contribution in [0.2, 0.25) is 19.6 Å². The van der Waals surface area contributed by atoms with Gasteiger partial charge >= 0.3 is 0 Å². The fraction of sp³-hybridized carbons (Fsp3) is 0.417. The highest BCUT2D eigenvalue weighted by atomic mass is 28.4. The minimum Gasteiger partial charge on any atom is -0.544 e. The zero-order chi connectivity index (χ0) is 11.6. The Bertz CT molecular complexity index is 378. The van der Waals surface area contributed by atoms with E-state index < -0.39 is 8.32 Å². The summed E-state index contributed by atoms with van der Waals surface area (Å²) >= 11 is 0. The van der Waals surface area contributed by atoms with Gasteiger partial charge in [-0.15, -0.1) is 0 Å². The molecule has 0 aromatic heterocycles. The molecule has 0 unspecified atom stereocenters. The Balaban J connectivity index is 3.11. The number of hydrogen-bond acceptors (Lipinski definition) is 2. The monoisotopic (exact) mass is 222 g/mol. The first kappa shape index (κ1) is 12.0. The van der Waals surface area contributed by atoms with Crippen LogP contribution >= 0.6 is 0 Å². The summed E-state index contributed by atoms with van der Waals surface area (Å²) in [5.74, 6) is 0.914. The first-order valence-corrected chi connectivity index (χ1v) is 8.50. The summed E-state index contributed by atoms with van der Waals surface area (Å²) < 4.78 is 5.94. The number of carbonyl (C=O) groups is 1. The molecule has 82 valence electrons. The fourth-order valence-electron chi connectivity index (χ4n) is 1.38. The van der Waals surface area contributed by atoms with Crippen LogP contribution in [0.3, 0.4) is 0 Å². The van der Waals surface area contributed by atoms with E-state index in [4.69, 9.17) is 4.43 Å². The van der Waals surface area contributed by atoms with Crippen molar-refractivity contribution in [3.8, 4) is 5.75 Å². The normalized spacial score (nSPS) is 11.3. The molecule has 2 nitrogen and oxygen atoms in total. The van der Waals surface area contributed by atoms with E-state index in [1.54, 1.807) is 0 Å². The van der Waals surface area contributed by atoms with Crippen molar-refractivity contribution in [3.05, 3.63) is 28.8 Å². The molecule has 0 N–H and O–H groups in total. The van der Waals surface area contributed by atoms with Gasteiger partial charge in [-0.3, -0.25) is 4.79 Å². The molecule has 1 aromatic carbocycles. The standard InChI is InChI=1S/C12H18O2Si/c1-9-7-12(14-15(3,4)5)10(2)6-11(9)8-13/h6-8H,1-5H3. The number of benzene rings is 1. The highest BCUT2D eigenvalue weighted by Gasteiger charge is 2.17. The number of aryl methyl sites for hydroxylation is 2. The average molecular weight is 222 g/mol. The number of aldehydes is 1. The second-order valence-corrected chi connectivity index (χ2v) is 9.24. The fourth-order valence-corrected chi connectivity index (χ4v) is 2.26. The van der Waals surface area contributed by atoms with Crippen LogP contribution in [0.4, 0.5) is 0 Å². The maximum atomic E-state index is 10.7. The van der Waals surface area contributed by atoms with E-state index in [1.807, 2.05) is 26.0 Å². The molecule has 0 atom stereocenters. The lowest BCUT2D eigenvalue weighted by atomic mass is 10.1. The van der Waals surface area contributed by atoms with Crippen molar-refractivity contribution in [1.29, 1.82) is 0 Å². The summed E-state index contributed by atoms with van der Waals surface area (Å²) in [6.45, 7) is 10.3. The molecule has 0 aliphatic rings. The van der Waals surface area contributed by atoms with Crippen molar-refractivity contribution >= 4 is 14.6 Å². The lowest BCUT2D eigenvalue weighted by Gasteiger charge is -2.21. The number of rotatable bonds is 3.